The third-order valence-corrected chi connectivity index (χ3v) is 4.18. The van der Waals surface area contributed by atoms with Crippen LogP contribution < -0.4 is 24.3 Å². The number of rotatable bonds is 6. The van der Waals surface area contributed by atoms with Crippen molar-refractivity contribution in [1.29, 1.82) is 0 Å². The van der Waals surface area contributed by atoms with E-state index in [9.17, 15) is 4.79 Å². The molecule has 1 aliphatic heterocycles. The molecule has 1 aliphatic rings. The molecule has 27 heavy (non-hydrogen) atoms. The minimum atomic E-state index is -0.198. The van der Waals surface area contributed by atoms with Crippen molar-refractivity contribution < 1.29 is 23.7 Å². The third kappa shape index (κ3) is 4.16. The van der Waals surface area contributed by atoms with E-state index in [4.69, 9.17) is 18.9 Å². The van der Waals surface area contributed by atoms with Crippen LogP contribution in [-0.4, -0.2) is 33.3 Å². The zero-order chi connectivity index (χ0) is 19.2. The summed E-state index contributed by atoms with van der Waals surface area (Å²) in [4.78, 5) is 12.6. The first-order valence-corrected chi connectivity index (χ1v) is 8.71. The zero-order valence-electron chi connectivity index (χ0n) is 15.7. The van der Waals surface area contributed by atoms with Gasteiger partial charge in [-0.3, -0.25) is 4.79 Å². The summed E-state index contributed by atoms with van der Waals surface area (Å²) in [6.07, 6.45) is 3.76. The Labute approximate surface area is 158 Å². The van der Waals surface area contributed by atoms with E-state index < -0.39 is 0 Å². The van der Waals surface area contributed by atoms with Crippen molar-refractivity contribution in [2.75, 3.05) is 27.4 Å². The van der Waals surface area contributed by atoms with E-state index in [0.717, 1.165) is 16.9 Å². The van der Waals surface area contributed by atoms with Gasteiger partial charge in [0.15, 0.2) is 23.0 Å². The largest absolute Gasteiger partial charge is 0.493 e. The van der Waals surface area contributed by atoms with E-state index in [1.54, 1.807) is 26.4 Å². The molecule has 0 saturated carbocycles. The first-order valence-electron chi connectivity index (χ1n) is 8.71. The van der Waals surface area contributed by atoms with Gasteiger partial charge >= 0.3 is 0 Å². The molecule has 0 fully saturated rings. The first-order chi connectivity index (χ1) is 13.2. The summed E-state index contributed by atoms with van der Waals surface area (Å²) in [5.41, 5.74) is 2.21. The molecule has 6 heteroatoms. The number of carbonyl (C=O) groups excluding carboxylic acids is 1. The Morgan fingerprint density at radius 3 is 2.59 bits per heavy atom. The van der Waals surface area contributed by atoms with Crippen LogP contribution in [0.15, 0.2) is 36.4 Å². The Hall–Kier alpha value is -3.15. The van der Waals surface area contributed by atoms with Gasteiger partial charge in [0, 0.05) is 17.7 Å². The molecule has 0 spiro atoms. The number of nitrogens with one attached hydrogen (secondary N) is 1. The Kier molecular flexibility index (Phi) is 5.86. The molecule has 142 valence electrons. The molecule has 0 atom stereocenters. The third-order valence-electron chi connectivity index (χ3n) is 4.18. The topological polar surface area (TPSA) is 66.0 Å². The van der Waals surface area contributed by atoms with Crippen LogP contribution in [0, 0.1) is 0 Å². The van der Waals surface area contributed by atoms with Crippen LogP contribution in [-0.2, 0) is 6.54 Å². The van der Waals surface area contributed by atoms with Gasteiger partial charge in [0.05, 0.1) is 14.2 Å². The molecule has 2 aromatic carbocycles. The maximum atomic E-state index is 12.6. The van der Waals surface area contributed by atoms with Crippen LogP contribution in [0.5, 0.6) is 23.0 Å². The van der Waals surface area contributed by atoms with E-state index in [0.29, 0.717) is 42.6 Å². The molecule has 6 nitrogen and oxygen atoms in total. The molecule has 1 heterocycles. The fourth-order valence-corrected chi connectivity index (χ4v) is 2.91. The molecule has 3 rings (SSSR count). The minimum absolute atomic E-state index is 0.198. The molecule has 0 unspecified atom stereocenters. The Morgan fingerprint density at radius 1 is 1.11 bits per heavy atom. The maximum Gasteiger partial charge on any atom is 0.251 e. The average molecular weight is 369 g/mol. The van der Waals surface area contributed by atoms with E-state index >= 15 is 0 Å². The van der Waals surface area contributed by atoms with Crippen molar-refractivity contribution >= 4 is 12.0 Å². The lowest BCUT2D eigenvalue weighted by molar-refractivity contribution is 0.0950. The summed E-state index contributed by atoms with van der Waals surface area (Å²) in [6, 6.07) is 9.10. The molecule has 1 N–H and O–H groups in total. The van der Waals surface area contributed by atoms with E-state index in [2.05, 4.69) is 5.32 Å². The predicted molar refractivity (Wildman–Crippen MR) is 103 cm³/mol. The zero-order valence-corrected chi connectivity index (χ0v) is 15.7. The van der Waals surface area contributed by atoms with Gasteiger partial charge in [-0.05, 0) is 36.8 Å². The smallest absolute Gasteiger partial charge is 0.251 e. The highest BCUT2D eigenvalue weighted by molar-refractivity contribution is 5.96. The number of ether oxygens (including phenoxy) is 4. The minimum Gasteiger partial charge on any atom is -0.493 e. The molecular formula is C21H23NO5. The van der Waals surface area contributed by atoms with Crippen LogP contribution in [0.4, 0.5) is 0 Å². The van der Waals surface area contributed by atoms with Crippen molar-refractivity contribution in [2.45, 2.75) is 13.5 Å². The Bertz CT molecular complexity index is 860. The lowest BCUT2D eigenvalue weighted by Crippen LogP contribution is -2.23. The summed E-state index contributed by atoms with van der Waals surface area (Å²) in [6.45, 7) is 3.36. The summed E-state index contributed by atoms with van der Waals surface area (Å²) < 4.78 is 21.9. The number of fused-ring (bicyclic) bond motifs is 1. The summed E-state index contributed by atoms with van der Waals surface area (Å²) in [5.74, 6) is 2.34. The van der Waals surface area contributed by atoms with Crippen LogP contribution in [0.2, 0.25) is 0 Å². The number of benzene rings is 2. The van der Waals surface area contributed by atoms with Crippen LogP contribution >= 0.6 is 0 Å². The predicted octanol–water partition coefficient (Wildman–Crippen LogP) is 3.44. The molecule has 0 bridgehead atoms. The SMILES string of the molecule is C/C=C/c1cc(C(=O)NCc2ccc3c(c2)OCCO3)cc(OC)c1OC. The van der Waals surface area contributed by atoms with Crippen LogP contribution in [0.1, 0.15) is 28.4 Å². The number of carbonyl (C=O) groups is 1. The number of allylic oxidation sites excluding steroid dienone is 1. The van der Waals surface area contributed by atoms with Crippen LogP contribution in [0.25, 0.3) is 6.08 Å². The monoisotopic (exact) mass is 369 g/mol. The molecule has 0 radical (unpaired) electrons. The summed E-state index contributed by atoms with van der Waals surface area (Å²) in [7, 11) is 3.13. The van der Waals surface area contributed by atoms with Crippen molar-refractivity contribution in [3.63, 3.8) is 0 Å². The lowest BCUT2D eigenvalue weighted by Gasteiger charge is -2.19. The molecular weight excluding hydrogens is 346 g/mol. The standard InChI is InChI=1S/C21H23NO5/c1-4-5-15-11-16(12-19(24-2)20(15)25-3)21(23)22-13-14-6-7-17-18(10-14)27-9-8-26-17/h4-7,10-12H,8-9,13H2,1-3H3,(H,22,23)/b5-4+. The van der Waals surface area contributed by atoms with Crippen molar-refractivity contribution in [1.82, 2.24) is 5.32 Å². The molecule has 0 aromatic heterocycles. The van der Waals surface area contributed by atoms with Gasteiger partial charge in [-0.2, -0.15) is 0 Å². The number of methoxy groups -OCH3 is 2. The highest BCUT2D eigenvalue weighted by Crippen LogP contribution is 2.34. The van der Waals surface area contributed by atoms with Gasteiger partial charge in [0.25, 0.3) is 5.91 Å². The van der Waals surface area contributed by atoms with E-state index in [1.807, 2.05) is 37.3 Å². The van der Waals surface area contributed by atoms with Crippen molar-refractivity contribution in [3.8, 4) is 23.0 Å². The average Bonchev–Trinajstić information content (AvgIpc) is 2.71. The van der Waals surface area contributed by atoms with Gasteiger partial charge in [-0.1, -0.05) is 18.2 Å². The quantitative estimate of drug-likeness (QED) is 0.845. The number of hydrogen-bond donors (Lipinski definition) is 1. The molecule has 1 amide bonds. The van der Waals surface area contributed by atoms with Gasteiger partial charge in [-0.25, -0.2) is 0 Å². The van der Waals surface area contributed by atoms with Gasteiger partial charge in [0.1, 0.15) is 13.2 Å². The first kappa shape index (κ1) is 18.6. The van der Waals surface area contributed by atoms with Gasteiger partial charge in [-0.15, -0.1) is 0 Å². The highest BCUT2D eigenvalue weighted by Gasteiger charge is 2.16. The molecule has 0 saturated heterocycles. The second-order valence-electron chi connectivity index (χ2n) is 5.96. The molecule has 0 aliphatic carbocycles. The second-order valence-corrected chi connectivity index (χ2v) is 5.96. The van der Waals surface area contributed by atoms with Gasteiger partial charge in [0.2, 0.25) is 0 Å². The normalized spacial score (nSPS) is 12.7. The molecule has 2 aromatic rings. The fourth-order valence-electron chi connectivity index (χ4n) is 2.91. The Morgan fingerprint density at radius 2 is 1.89 bits per heavy atom. The van der Waals surface area contributed by atoms with E-state index in [1.165, 1.54) is 0 Å². The van der Waals surface area contributed by atoms with Crippen molar-refractivity contribution in [3.05, 3.63) is 53.1 Å². The lowest BCUT2D eigenvalue weighted by atomic mass is 10.1. The maximum absolute atomic E-state index is 12.6. The Balaban J connectivity index is 1.77. The van der Waals surface area contributed by atoms with Gasteiger partial charge < -0.3 is 24.3 Å². The second kappa shape index (κ2) is 8.49. The number of hydrogen-bond acceptors (Lipinski definition) is 5. The van der Waals surface area contributed by atoms with E-state index in [-0.39, 0.29) is 5.91 Å². The summed E-state index contributed by atoms with van der Waals surface area (Å²) >= 11 is 0. The number of amides is 1. The van der Waals surface area contributed by atoms with Crippen LogP contribution in [0.3, 0.4) is 0 Å². The summed E-state index contributed by atoms with van der Waals surface area (Å²) in [5, 5.41) is 2.92. The highest BCUT2D eigenvalue weighted by atomic mass is 16.6. The fraction of sp³-hybridized carbons (Fsp3) is 0.286. The van der Waals surface area contributed by atoms with Crippen molar-refractivity contribution in [2.24, 2.45) is 0 Å².